The van der Waals surface area contributed by atoms with Gasteiger partial charge in [0.2, 0.25) is 5.13 Å². The van der Waals surface area contributed by atoms with Gasteiger partial charge in [-0.15, -0.1) is 11.3 Å². The van der Waals surface area contributed by atoms with Crippen LogP contribution in [0.5, 0.6) is 5.75 Å². The van der Waals surface area contributed by atoms with Crippen molar-refractivity contribution in [1.29, 1.82) is 0 Å². The van der Waals surface area contributed by atoms with E-state index in [1.54, 1.807) is 6.21 Å². The van der Waals surface area contributed by atoms with E-state index in [2.05, 4.69) is 9.98 Å². The number of nitro groups is 1. The maximum absolute atomic E-state index is 11.1. The van der Waals surface area contributed by atoms with Gasteiger partial charge in [0.15, 0.2) is 6.79 Å². The second-order valence-electron chi connectivity index (χ2n) is 5.53. The Bertz CT molecular complexity index is 985. The van der Waals surface area contributed by atoms with Gasteiger partial charge in [0.25, 0.3) is 5.69 Å². The Morgan fingerprint density at radius 2 is 2.12 bits per heavy atom. The highest BCUT2D eigenvalue weighted by Crippen LogP contribution is 2.32. The summed E-state index contributed by atoms with van der Waals surface area (Å²) < 4.78 is 10.7. The van der Waals surface area contributed by atoms with E-state index in [1.165, 1.54) is 23.5 Å². The molecule has 4 rings (SSSR count). The number of non-ortho nitro benzene ring substituents is 1. The number of thiazole rings is 1. The zero-order chi connectivity index (χ0) is 17.9. The highest BCUT2D eigenvalue weighted by molar-refractivity contribution is 7.13. The smallest absolute Gasteiger partial charge is 0.270 e. The maximum Gasteiger partial charge on any atom is 0.270 e. The van der Waals surface area contributed by atoms with E-state index in [1.807, 2.05) is 35.7 Å². The predicted octanol–water partition coefficient (Wildman–Crippen LogP) is 4.34. The topological polar surface area (TPSA) is 86.9 Å². The van der Waals surface area contributed by atoms with Crippen LogP contribution in [-0.2, 0) is 11.3 Å². The number of aliphatic imine (C=N–C) groups is 1. The largest absolute Gasteiger partial charge is 0.466 e. The average molecular weight is 367 g/mol. The van der Waals surface area contributed by atoms with Crippen LogP contribution in [0.25, 0.3) is 11.3 Å². The van der Waals surface area contributed by atoms with E-state index in [0.717, 1.165) is 11.3 Å². The van der Waals surface area contributed by atoms with E-state index >= 15 is 0 Å². The molecule has 0 aliphatic carbocycles. The molecule has 0 spiro atoms. The molecular formula is C18H13N3O4S. The minimum absolute atomic E-state index is 0.0246. The minimum Gasteiger partial charge on any atom is -0.466 e. The Morgan fingerprint density at radius 3 is 2.92 bits per heavy atom. The van der Waals surface area contributed by atoms with Gasteiger partial charge in [-0.2, -0.15) is 0 Å². The Morgan fingerprint density at radius 1 is 1.27 bits per heavy atom. The van der Waals surface area contributed by atoms with Crippen molar-refractivity contribution in [1.82, 2.24) is 4.98 Å². The first-order chi connectivity index (χ1) is 12.7. The fourth-order valence-electron chi connectivity index (χ4n) is 2.62. The second kappa shape index (κ2) is 7.03. The van der Waals surface area contributed by atoms with Gasteiger partial charge in [-0.1, -0.05) is 30.3 Å². The molecule has 26 heavy (non-hydrogen) atoms. The van der Waals surface area contributed by atoms with Crippen molar-refractivity contribution in [3.8, 4) is 17.0 Å². The molecule has 0 radical (unpaired) electrons. The lowest BCUT2D eigenvalue weighted by atomic mass is 10.1. The monoisotopic (exact) mass is 367 g/mol. The van der Waals surface area contributed by atoms with Gasteiger partial charge in [-0.05, 0) is 0 Å². The molecular weight excluding hydrogens is 354 g/mol. The Balaban J connectivity index is 1.66. The minimum atomic E-state index is -0.441. The average Bonchev–Trinajstić information content (AvgIpc) is 3.15. The number of benzene rings is 2. The first-order valence-electron chi connectivity index (χ1n) is 7.77. The second-order valence-corrected chi connectivity index (χ2v) is 6.37. The van der Waals surface area contributed by atoms with E-state index < -0.39 is 4.92 Å². The van der Waals surface area contributed by atoms with Gasteiger partial charge in [-0.3, -0.25) is 10.1 Å². The third-order valence-corrected chi connectivity index (χ3v) is 4.56. The van der Waals surface area contributed by atoms with Gasteiger partial charge in [0.1, 0.15) is 5.75 Å². The number of aromatic nitrogens is 1. The van der Waals surface area contributed by atoms with Crippen molar-refractivity contribution in [3.63, 3.8) is 0 Å². The van der Waals surface area contributed by atoms with Gasteiger partial charge in [-0.25, -0.2) is 9.98 Å². The van der Waals surface area contributed by atoms with E-state index in [-0.39, 0.29) is 19.1 Å². The maximum atomic E-state index is 11.1. The number of hydrogen-bond donors (Lipinski definition) is 0. The molecule has 0 N–H and O–H groups in total. The number of fused-ring (bicyclic) bond motifs is 1. The van der Waals surface area contributed by atoms with Crippen LogP contribution in [0.15, 0.2) is 52.8 Å². The number of ether oxygens (including phenoxy) is 2. The summed E-state index contributed by atoms with van der Waals surface area (Å²) in [5.74, 6) is 0.561. The van der Waals surface area contributed by atoms with Crippen molar-refractivity contribution in [2.24, 2.45) is 4.99 Å². The van der Waals surface area contributed by atoms with E-state index in [4.69, 9.17) is 9.47 Å². The number of nitrogens with zero attached hydrogens (tertiary/aromatic N) is 3. The molecule has 3 aromatic rings. The standard InChI is InChI=1S/C18H13N3O4S/c22-21(23)15-6-13(17-14(7-15)9-24-11-25-17)8-19-18-20-16(10-26-18)12-4-2-1-3-5-12/h1-8,10H,9,11H2. The third-order valence-electron chi connectivity index (χ3n) is 3.81. The molecule has 130 valence electrons. The zero-order valence-corrected chi connectivity index (χ0v) is 14.3. The summed E-state index contributed by atoms with van der Waals surface area (Å²) in [6, 6.07) is 12.7. The van der Waals surface area contributed by atoms with Crippen LogP contribution in [0.2, 0.25) is 0 Å². The summed E-state index contributed by atoms with van der Waals surface area (Å²) in [6.45, 7) is 0.383. The molecule has 2 heterocycles. The molecule has 0 unspecified atom stereocenters. The quantitative estimate of drug-likeness (QED) is 0.389. The van der Waals surface area contributed by atoms with Crippen molar-refractivity contribution in [3.05, 3.63) is 69.1 Å². The first-order valence-corrected chi connectivity index (χ1v) is 8.65. The molecule has 1 aliphatic heterocycles. The molecule has 0 saturated carbocycles. The summed E-state index contributed by atoms with van der Waals surface area (Å²) in [7, 11) is 0. The fraction of sp³-hybridized carbons (Fsp3) is 0.111. The molecule has 1 aromatic heterocycles. The van der Waals surface area contributed by atoms with Crippen LogP contribution < -0.4 is 4.74 Å². The van der Waals surface area contributed by atoms with Crippen molar-refractivity contribution in [2.75, 3.05) is 6.79 Å². The Hall–Kier alpha value is -3.10. The summed E-state index contributed by atoms with van der Waals surface area (Å²) >= 11 is 1.40. The number of hydrogen-bond acceptors (Lipinski definition) is 7. The molecule has 7 nitrogen and oxygen atoms in total. The normalized spacial score (nSPS) is 13.4. The summed E-state index contributed by atoms with van der Waals surface area (Å²) in [4.78, 5) is 19.6. The van der Waals surface area contributed by atoms with Gasteiger partial charge in [0, 0.05) is 40.4 Å². The molecule has 0 fully saturated rings. The number of nitro benzene ring substituents is 1. The zero-order valence-electron chi connectivity index (χ0n) is 13.5. The van der Waals surface area contributed by atoms with Gasteiger partial charge >= 0.3 is 0 Å². The van der Waals surface area contributed by atoms with Crippen LogP contribution in [-0.4, -0.2) is 22.9 Å². The van der Waals surface area contributed by atoms with Crippen molar-refractivity contribution in [2.45, 2.75) is 6.61 Å². The third kappa shape index (κ3) is 3.32. The fourth-order valence-corrected chi connectivity index (χ4v) is 3.29. The highest BCUT2D eigenvalue weighted by Gasteiger charge is 2.20. The SMILES string of the molecule is O=[N+]([O-])c1cc(C=Nc2nc(-c3ccccc3)cs2)c2c(c1)COCO2. The molecule has 0 bridgehead atoms. The van der Waals surface area contributed by atoms with Crippen molar-refractivity contribution < 1.29 is 14.4 Å². The van der Waals surface area contributed by atoms with Crippen LogP contribution in [0.1, 0.15) is 11.1 Å². The summed E-state index contributed by atoms with van der Waals surface area (Å²) in [5.41, 5.74) is 3.00. The van der Waals surface area contributed by atoms with Crippen LogP contribution in [0.4, 0.5) is 10.8 Å². The predicted molar refractivity (Wildman–Crippen MR) is 98.2 cm³/mol. The molecule has 1 aliphatic rings. The lowest BCUT2D eigenvalue weighted by Crippen LogP contribution is -2.13. The highest BCUT2D eigenvalue weighted by atomic mass is 32.1. The van der Waals surface area contributed by atoms with E-state index in [9.17, 15) is 10.1 Å². The lowest BCUT2D eigenvalue weighted by molar-refractivity contribution is -0.385. The Labute approximate surface area is 152 Å². The molecule has 0 saturated heterocycles. The molecule has 2 aromatic carbocycles. The molecule has 0 amide bonds. The first kappa shape index (κ1) is 16.4. The molecule has 8 heteroatoms. The summed E-state index contributed by atoms with van der Waals surface area (Å²) in [6.07, 6.45) is 1.55. The van der Waals surface area contributed by atoms with Crippen LogP contribution >= 0.6 is 11.3 Å². The van der Waals surface area contributed by atoms with Crippen LogP contribution in [0.3, 0.4) is 0 Å². The van der Waals surface area contributed by atoms with Gasteiger partial charge < -0.3 is 9.47 Å². The Kier molecular flexibility index (Phi) is 4.42. The van der Waals surface area contributed by atoms with Crippen molar-refractivity contribution >= 4 is 28.4 Å². The number of rotatable bonds is 4. The van der Waals surface area contributed by atoms with E-state index in [0.29, 0.717) is 22.0 Å². The van der Waals surface area contributed by atoms with Crippen LogP contribution in [0, 0.1) is 10.1 Å². The summed E-state index contributed by atoms with van der Waals surface area (Å²) in [5, 5.41) is 13.6. The lowest BCUT2D eigenvalue weighted by Gasteiger charge is -2.19. The van der Waals surface area contributed by atoms with Gasteiger partial charge in [0.05, 0.1) is 17.2 Å². The molecule has 0 atom stereocenters.